The first-order valence-electron chi connectivity index (χ1n) is 12.9. The van der Waals surface area contributed by atoms with Crippen LogP contribution < -0.4 is 20.1 Å². The lowest BCUT2D eigenvalue weighted by Gasteiger charge is -2.15. The van der Waals surface area contributed by atoms with Gasteiger partial charge in [-0.05, 0) is 78.9 Å². The van der Waals surface area contributed by atoms with Crippen LogP contribution in [0.1, 0.15) is 57.1 Å². The Morgan fingerprint density at radius 1 is 0.921 bits per heavy atom. The van der Waals surface area contributed by atoms with Crippen LogP contribution in [0.3, 0.4) is 0 Å². The van der Waals surface area contributed by atoms with E-state index >= 15 is 0 Å². The molecule has 0 radical (unpaired) electrons. The Morgan fingerprint density at radius 3 is 2.29 bits per heavy atom. The van der Waals surface area contributed by atoms with Crippen molar-refractivity contribution >= 4 is 23.0 Å². The Morgan fingerprint density at radius 2 is 1.63 bits per heavy atom. The van der Waals surface area contributed by atoms with Crippen molar-refractivity contribution in [1.82, 2.24) is 0 Å². The second-order valence-corrected chi connectivity index (χ2v) is 9.31. The van der Waals surface area contributed by atoms with E-state index in [4.69, 9.17) is 4.74 Å². The van der Waals surface area contributed by atoms with Crippen LogP contribution in [0, 0.1) is 12.8 Å². The Bertz CT molecular complexity index is 1180. The van der Waals surface area contributed by atoms with Gasteiger partial charge >= 0.3 is 6.36 Å². The minimum absolute atomic E-state index is 0.0249. The number of carbonyl (C=O) groups is 1. The highest BCUT2D eigenvalue weighted by Crippen LogP contribution is 2.28. The van der Waals surface area contributed by atoms with E-state index in [1.54, 1.807) is 0 Å². The predicted octanol–water partition coefficient (Wildman–Crippen LogP) is 8.76. The lowest BCUT2D eigenvalue weighted by molar-refractivity contribution is -0.274. The molecule has 0 bridgehead atoms. The first-order valence-corrected chi connectivity index (χ1v) is 12.9. The fourth-order valence-electron chi connectivity index (χ4n) is 4.17. The third kappa shape index (κ3) is 9.65. The van der Waals surface area contributed by atoms with Crippen LogP contribution in [0.5, 0.6) is 11.5 Å². The SMILES string of the molecule is CCCC(CC)CCC(=O)Nc1cccc(Nc2ccc(OCc3ccc(OC(F)(F)F)cc3)cc2C)c1. The summed E-state index contributed by atoms with van der Waals surface area (Å²) in [6, 6.07) is 18.8. The van der Waals surface area contributed by atoms with E-state index in [1.807, 2.05) is 49.4 Å². The molecule has 0 aliphatic rings. The van der Waals surface area contributed by atoms with Gasteiger partial charge in [-0.25, -0.2) is 0 Å². The number of aryl methyl sites for hydroxylation is 1. The Hall–Kier alpha value is -3.68. The summed E-state index contributed by atoms with van der Waals surface area (Å²) in [5, 5.41) is 6.37. The maximum absolute atomic E-state index is 12.4. The summed E-state index contributed by atoms with van der Waals surface area (Å²) < 4.78 is 46.6. The molecule has 5 nitrogen and oxygen atoms in total. The molecule has 1 atom stereocenters. The number of hydrogen-bond donors (Lipinski definition) is 2. The van der Waals surface area contributed by atoms with Gasteiger partial charge in [0.2, 0.25) is 5.91 Å². The minimum atomic E-state index is -4.72. The van der Waals surface area contributed by atoms with E-state index in [0.717, 1.165) is 48.3 Å². The van der Waals surface area contributed by atoms with Gasteiger partial charge in [0.05, 0.1) is 0 Å². The van der Waals surface area contributed by atoms with E-state index in [9.17, 15) is 18.0 Å². The standard InChI is InChI=1S/C30H35F3N2O3/c1-4-7-22(5-2)12-17-29(36)35-25-9-6-8-24(19-25)34-28-16-15-27(18-21(28)3)37-20-23-10-13-26(14-11-23)38-30(31,32)33/h6,8-11,13-16,18-19,22,34H,4-5,7,12,17,20H2,1-3H3,(H,35,36). The molecule has 0 spiro atoms. The molecule has 0 aliphatic carbocycles. The lowest BCUT2D eigenvalue weighted by atomic mass is 9.95. The van der Waals surface area contributed by atoms with Crippen LogP contribution in [0.15, 0.2) is 66.7 Å². The highest BCUT2D eigenvalue weighted by Gasteiger charge is 2.30. The van der Waals surface area contributed by atoms with Crippen LogP contribution >= 0.6 is 0 Å². The molecule has 0 heterocycles. The Labute approximate surface area is 222 Å². The first-order chi connectivity index (χ1) is 18.1. The number of amides is 1. The molecule has 38 heavy (non-hydrogen) atoms. The van der Waals surface area contributed by atoms with E-state index in [-0.39, 0.29) is 18.3 Å². The molecule has 2 N–H and O–H groups in total. The van der Waals surface area contributed by atoms with Gasteiger partial charge < -0.3 is 20.1 Å². The van der Waals surface area contributed by atoms with E-state index in [0.29, 0.717) is 23.7 Å². The average Bonchev–Trinajstić information content (AvgIpc) is 2.87. The van der Waals surface area contributed by atoms with Gasteiger partial charge in [-0.3, -0.25) is 4.79 Å². The molecule has 0 saturated heterocycles. The lowest BCUT2D eigenvalue weighted by Crippen LogP contribution is -2.17. The average molecular weight is 529 g/mol. The third-order valence-corrected chi connectivity index (χ3v) is 6.24. The van der Waals surface area contributed by atoms with Crippen molar-refractivity contribution in [2.24, 2.45) is 5.92 Å². The van der Waals surface area contributed by atoms with Gasteiger partial charge in [-0.1, -0.05) is 51.3 Å². The monoisotopic (exact) mass is 528 g/mol. The van der Waals surface area contributed by atoms with Gasteiger partial charge in [-0.2, -0.15) is 0 Å². The molecule has 3 aromatic rings. The number of hydrogen-bond acceptors (Lipinski definition) is 4. The van der Waals surface area contributed by atoms with Crippen molar-refractivity contribution < 1.29 is 27.4 Å². The van der Waals surface area contributed by atoms with Crippen molar-refractivity contribution in [3.8, 4) is 11.5 Å². The topological polar surface area (TPSA) is 59.6 Å². The molecule has 3 rings (SSSR count). The molecule has 0 aromatic heterocycles. The summed E-state index contributed by atoms with van der Waals surface area (Å²) in [7, 11) is 0. The quantitative estimate of drug-likeness (QED) is 0.233. The number of benzene rings is 3. The number of ether oxygens (including phenoxy) is 2. The van der Waals surface area contributed by atoms with Crippen LogP contribution in [0.2, 0.25) is 0 Å². The number of carbonyl (C=O) groups excluding carboxylic acids is 1. The van der Waals surface area contributed by atoms with Crippen LogP contribution in [-0.4, -0.2) is 12.3 Å². The molecule has 0 fully saturated rings. The number of nitrogens with one attached hydrogen (secondary N) is 2. The third-order valence-electron chi connectivity index (χ3n) is 6.24. The largest absolute Gasteiger partial charge is 0.573 e. The second-order valence-electron chi connectivity index (χ2n) is 9.31. The zero-order chi connectivity index (χ0) is 27.5. The Balaban J connectivity index is 1.53. The minimum Gasteiger partial charge on any atom is -0.489 e. The summed E-state index contributed by atoms with van der Waals surface area (Å²) in [6.07, 6.45) is 0.0881. The number of halogens is 3. The van der Waals surface area contributed by atoms with E-state index in [2.05, 4.69) is 29.2 Å². The summed E-state index contributed by atoms with van der Waals surface area (Å²) in [6.45, 7) is 6.50. The van der Waals surface area contributed by atoms with E-state index < -0.39 is 6.36 Å². The van der Waals surface area contributed by atoms with Crippen molar-refractivity contribution in [3.05, 3.63) is 77.9 Å². The highest BCUT2D eigenvalue weighted by atomic mass is 19.4. The maximum Gasteiger partial charge on any atom is 0.573 e. The fourth-order valence-corrected chi connectivity index (χ4v) is 4.17. The molecule has 204 valence electrons. The van der Waals surface area contributed by atoms with Crippen LogP contribution in [-0.2, 0) is 11.4 Å². The van der Waals surface area contributed by atoms with Gasteiger partial charge in [0.15, 0.2) is 0 Å². The molecule has 1 amide bonds. The molecular formula is C30H35F3N2O3. The number of rotatable bonds is 13. The van der Waals surface area contributed by atoms with Gasteiger partial charge in [0, 0.05) is 23.5 Å². The summed E-state index contributed by atoms with van der Waals surface area (Å²) in [4.78, 5) is 12.4. The second kappa shape index (κ2) is 13.7. The Kier molecular flexibility index (Phi) is 10.4. The molecular weight excluding hydrogens is 493 g/mol. The summed E-state index contributed by atoms with van der Waals surface area (Å²) in [5.74, 6) is 0.982. The summed E-state index contributed by atoms with van der Waals surface area (Å²) in [5.41, 5.74) is 4.15. The zero-order valence-corrected chi connectivity index (χ0v) is 22.0. The molecule has 1 unspecified atom stereocenters. The number of alkyl halides is 3. The maximum atomic E-state index is 12.4. The van der Waals surface area contributed by atoms with Gasteiger partial charge in [-0.15, -0.1) is 13.2 Å². The van der Waals surface area contributed by atoms with Crippen molar-refractivity contribution in [3.63, 3.8) is 0 Å². The molecule has 0 saturated carbocycles. The predicted molar refractivity (Wildman–Crippen MR) is 145 cm³/mol. The normalized spacial score (nSPS) is 12.1. The smallest absolute Gasteiger partial charge is 0.489 e. The van der Waals surface area contributed by atoms with E-state index in [1.165, 1.54) is 24.3 Å². The molecule has 8 heteroatoms. The van der Waals surface area contributed by atoms with Gasteiger partial charge in [0.1, 0.15) is 18.1 Å². The molecule has 3 aromatic carbocycles. The first kappa shape index (κ1) is 28.9. The van der Waals surface area contributed by atoms with Crippen LogP contribution in [0.25, 0.3) is 0 Å². The van der Waals surface area contributed by atoms with Crippen molar-refractivity contribution in [1.29, 1.82) is 0 Å². The number of anilines is 3. The van der Waals surface area contributed by atoms with Crippen molar-refractivity contribution in [2.75, 3.05) is 10.6 Å². The highest BCUT2D eigenvalue weighted by molar-refractivity contribution is 5.91. The van der Waals surface area contributed by atoms with Crippen molar-refractivity contribution in [2.45, 2.75) is 65.8 Å². The fraction of sp³-hybridized carbons (Fsp3) is 0.367. The molecule has 0 aliphatic heterocycles. The van der Waals surface area contributed by atoms with Gasteiger partial charge in [0.25, 0.3) is 0 Å². The van der Waals surface area contributed by atoms with Crippen LogP contribution in [0.4, 0.5) is 30.2 Å². The summed E-state index contributed by atoms with van der Waals surface area (Å²) >= 11 is 0. The zero-order valence-electron chi connectivity index (χ0n) is 22.0.